The minimum Gasteiger partial charge on any atom is -0.423 e. The third kappa shape index (κ3) is 3.41. The molecule has 0 fully saturated rings. The van der Waals surface area contributed by atoms with Gasteiger partial charge in [0.15, 0.2) is 5.11 Å². The number of benzene rings is 2. The molecule has 0 radical (unpaired) electrons. The molecule has 0 saturated heterocycles. The maximum Gasteiger partial charge on any atom is 0.336 e. The fourth-order valence-electron chi connectivity index (χ4n) is 2.28. The molecule has 2 N–H and O–H groups in total. The third-order valence-corrected chi connectivity index (χ3v) is 3.59. The zero-order chi connectivity index (χ0) is 17.3. The Labute approximate surface area is 141 Å². The quantitative estimate of drug-likeness (QED) is 0.538. The van der Waals surface area contributed by atoms with Gasteiger partial charge in [0.25, 0.3) is 0 Å². The van der Waals surface area contributed by atoms with E-state index in [9.17, 15) is 13.6 Å². The zero-order valence-electron chi connectivity index (χ0n) is 12.5. The molecule has 0 aliphatic heterocycles. The summed E-state index contributed by atoms with van der Waals surface area (Å²) < 4.78 is 31.9. The van der Waals surface area contributed by atoms with Crippen molar-refractivity contribution in [2.24, 2.45) is 0 Å². The van der Waals surface area contributed by atoms with Crippen molar-refractivity contribution < 1.29 is 13.2 Å². The molecular formula is C17H12F2N2O2S. The van der Waals surface area contributed by atoms with E-state index in [0.717, 1.165) is 29.1 Å². The summed E-state index contributed by atoms with van der Waals surface area (Å²) in [7, 11) is 0. The van der Waals surface area contributed by atoms with Gasteiger partial charge in [0.2, 0.25) is 0 Å². The van der Waals surface area contributed by atoms with Crippen molar-refractivity contribution in [2.75, 3.05) is 10.6 Å². The zero-order valence-corrected chi connectivity index (χ0v) is 13.3. The van der Waals surface area contributed by atoms with Gasteiger partial charge in [-0.15, -0.1) is 0 Å². The average Bonchev–Trinajstić information content (AvgIpc) is 2.50. The molecule has 3 rings (SSSR count). The summed E-state index contributed by atoms with van der Waals surface area (Å²) in [6, 6.07) is 9.57. The number of hydrogen-bond donors (Lipinski definition) is 2. The number of anilines is 2. The van der Waals surface area contributed by atoms with Crippen molar-refractivity contribution >= 4 is 39.7 Å². The molecule has 7 heteroatoms. The van der Waals surface area contributed by atoms with Crippen LogP contribution >= 0.6 is 12.2 Å². The number of rotatable bonds is 2. The van der Waals surface area contributed by atoms with Gasteiger partial charge >= 0.3 is 5.63 Å². The van der Waals surface area contributed by atoms with Gasteiger partial charge in [0, 0.05) is 29.3 Å². The second-order valence-electron chi connectivity index (χ2n) is 5.16. The standard InChI is InChI=1S/C17H12F2N2O2S/c1-9-6-16(22)23-15-8-11(3-4-12(9)15)20-17(24)21-14-7-10(18)2-5-13(14)19/h2-8H,1H3,(H2,20,21,24). The lowest BCUT2D eigenvalue weighted by Gasteiger charge is -2.12. The first-order valence-electron chi connectivity index (χ1n) is 7.00. The van der Waals surface area contributed by atoms with Crippen molar-refractivity contribution in [3.63, 3.8) is 0 Å². The van der Waals surface area contributed by atoms with Crippen molar-refractivity contribution in [2.45, 2.75) is 6.92 Å². The minimum absolute atomic E-state index is 0.0735. The molecule has 2 aromatic carbocycles. The van der Waals surface area contributed by atoms with E-state index >= 15 is 0 Å². The molecule has 24 heavy (non-hydrogen) atoms. The van der Waals surface area contributed by atoms with Gasteiger partial charge in [-0.25, -0.2) is 13.6 Å². The molecule has 0 atom stereocenters. The number of aryl methyl sites for hydroxylation is 1. The van der Waals surface area contributed by atoms with E-state index in [1.807, 2.05) is 6.92 Å². The number of nitrogens with one attached hydrogen (secondary N) is 2. The van der Waals surface area contributed by atoms with Crippen LogP contribution in [0.4, 0.5) is 20.2 Å². The van der Waals surface area contributed by atoms with E-state index in [-0.39, 0.29) is 10.8 Å². The summed E-state index contributed by atoms with van der Waals surface area (Å²) >= 11 is 5.09. The fourth-order valence-corrected chi connectivity index (χ4v) is 2.51. The van der Waals surface area contributed by atoms with E-state index in [1.54, 1.807) is 18.2 Å². The molecular weight excluding hydrogens is 334 g/mol. The highest BCUT2D eigenvalue weighted by Gasteiger charge is 2.08. The highest BCUT2D eigenvalue weighted by Crippen LogP contribution is 2.21. The average molecular weight is 346 g/mol. The lowest BCUT2D eigenvalue weighted by molar-refractivity contribution is 0.560. The summed E-state index contributed by atoms with van der Waals surface area (Å²) in [4.78, 5) is 11.4. The van der Waals surface area contributed by atoms with Gasteiger partial charge in [-0.2, -0.15) is 0 Å². The Morgan fingerprint density at radius 2 is 1.88 bits per heavy atom. The van der Waals surface area contributed by atoms with Crippen LogP contribution in [-0.4, -0.2) is 5.11 Å². The Kier molecular flexibility index (Phi) is 4.26. The molecule has 1 aromatic heterocycles. The molecule has 1 heterocycles. The van der Waals surface area contributed by atoms with Crippen LogP contribution in [0.2, 0.25) is 0 Å². The lowest BCUT2D eigenvalue weighted by atomic mass is 10.1. The van der Waals surface area contributed by atoms with Gasteiger partial charge in [0.1, 0.15) is 17.2 Å². The Bertz CT molecular complexity index is 1000. The summed E-state index contributed by atoms with van der Waals surface area (Å²) in [5, 5.41) is 6.30. The number of halogens is 2. The van der Waals surface area contributed by atoms with Gasteiger partial charge < -0.3 is 15.1 Å². The van der Waals surface area contributed by atoms with Gasteiger partial charge in [0.05, 0.1) is 5.69 Å². The normalized spacial score (nSPS) is 10.6. The highest BCUT2D eigenvalue weighted by atomic mass is 32.1. The van der Waals surface area contributed by atoms with E-state index in [0.29, 0.717) is 11.3 Å². The van der Waals surface area contributed by atoms with Crippen LogP contribution in [0, 0.1) is 18.6 Å². The van der Waals surface area contributed by atoms with Crippen LogP contribution in [-0.2, 0) is 0 Å². The molecule has 0 amide bonds. The van der Waals surface area contributed by atoms with Crippen LogP contribution < -0.4 is 16.3 Å². The number of fused-ring (bicyclic) bond motifs is 1. The van der Waals surface area contributed by atoms with Crippen LogP contribution in [0.1, 0.15) is 5.56 Å². The summed E-state index contributed by atoms with van der Waals surface area (Å²) in [6.45, 7) is 1.81. The first-order valence-corrected chi connectivity index (χ1v) is 7.41. The summed E-state index contributed by atoms with van der Waals surface area (Å²) in [5.41, 5.74) is 1.24. The summed E-state index contributed by atoms with van der Waals surface area (Å²) in [5.74, 6) is -1.20. The Balaban J connectivity index is 1.83. The maximum absolute atomic E-state index is 13.6. The molecule has 0 saturated carbocycles. The molecule has 4 nitrogen and oxygen atoms in total. The third-order valence-electron chi connectivity index (χ3n) is 3.39. The topological polar surface area (TPSA) is 54.3 Å². The van der Waals surface area contributed by atoms with Crippen molar-refractivity contribution in [3.8, 4) is 0 Å². The van der Waals surface area contributed by atoms with Gasteiger partial charge in [-0.05, 0) is 49.0 Å². The summed E-state index contributed by atoms with van der Waals surface area (Å²) in [6.07, 6.45) is 0. The monoisotopic (exact) mass is 346 g/mol. The van der Waals surface area contributed by atoms with Crippen molar-refractivity contribution in [1.29, 1.82) is 0 Å². The van der Waals surface area contributed by atoms with Crippen LogP contribution in [0.15, 0.2) is 51.7 Å². The number of thiocarbonyl (C=S) groups is 1. The maximum atomic E-state index is 13.6. The number of hydrogen-bond acceptors (Lipinski definition) is 3. The Morgan fingerprint density at radius 1 is 1.08 bits per heavy atom. The molecule has 3 aromatic rings. The molecule has 0 bridgehead atoms. The molecule has 0 aliphatic rings. The van der Waals surface area contributed by atoms with E-state index < -0.39 is 17.3 Å². The second kappa shape index (κ2) is 6.37. The highest BCUT2D eigenvalue weighted by molar-refractivity contribution is 7.80. The predicted molar refractivity (Wildman–Crippen MR) is 93.4 cm³/mol. The first kappa shape index (κ1) is 16.1. The lowest BCUT2D eigenvalue weighted by Crippen LogP contribution is -2.19. The molecule has 0 aliphatic carbocycles. The molecule has 0 unspecified atom stereocenters. The fraction of sp³-hybridized carbons (Fsp3) is 0.0588. The van der Waals surface area contributed by atoms with Gasteiger partial charge in [-0.1, -0.05) is 0 Å². The molecule has 122 valence electrons. The largest absolute Gasteiger partial charge is 0.423 e. The SMILES string of the molecule is Cc1cc(=O)oc2cc(NC(=S)Nc3cc(F)ccc3F)ccc12. The smallest absolute Gasteiger partial charge is 0.336 e. The first-order chi connectivity index (χ1) is 11.4. The van der Waals surface area contributed by atoms with Crippen LogP contribution in [0.5, 0.6) is 0 Å². The van der Waals surface area contributed by atoms with Crippen LogP contribution in [0.25, 0.3) is 11.0 Å². The predicted octanol–water partition coefficient (Wildman–Crippen LogP) is 4.19. The minimum atomic E-state index is -0.624. The Morgan fingerprint density at radius 3 is 2.67 bits per heavy atom. The Hall–Kier alpha value is -2.80. The van der Waals surface area contributed by atoms with E-state index in [1.165, 1.54) is 6.07 Å². The van der Waals surface area contributed by atoms with Crippen LogP contribution in [0.3, 0.4) is 0 Å². The molecule has 0 spiro atoms. The van der Waals surface area contributed by atoms with Gasteiger partial charge in [-0.3, -0.25) is 0 Å². The van der Waals surface area contributed by atoms with Crippen molar-refractivity contribution in [3.05, 3.63) is 70.1 Å². The van der Waals surface area contributed by atoms with Crippen molar-refractivity contribution in [1.82, 2.24) is 0 Å². The van der Waals surface area contributed by atoms with E-state index in [4.69, 9.17) is 16.6 Å². The second-order valence-corrected chi connectivity index (χ2v) is 5.57. The van der Waals surface area contributed by atoms with E-state index in [2.05, 4.69) is 10.6 Å².